The quantitative estimate of drug-likeness (QED) is 0.678. The van der Waals surface area contributed by atoms with Gasteiger partial charge in [-0.2, -0.15) is 0 Å². The van der Waals surface area contributed by atoms with Crippen molar-refractivity contribution in [2.75, 3.05) is 40.3 Å². The Hall–Kier alpha value is -1.56. The predicted octanol–water partition coefficient (Wildman–Crippen LogP) is -2.25. The Labute approximate surface area is 148 Å². The van der Waals surface area contributed by atoms with Crippen LogP contribution in [0.5, 0.6) is 5.75 Å². The third-order valence-corrected chi connectivity index (χ3v) is 4.90. The van der Waals surface area contributed by atoms with E-state index in [1.54, 1.807) is 12.0 Å². The van der Waals surface area contributed by atoms with E-state index >= 15 is 0 Å². The number of aryl methyl sites for hydroxylation is 1. The lowest BCUT2D eigenvalue weighted by molar-refractivity contribution is -0.884. The fourth-order valence-corrected chi connectivity index (χ4v) is 3.15. The van der Waals surface area contributed by atoms with Gasteiger partial charge in [-0.1, -0.05) is 0 Å². The van der Waals surface area contributed by atoms with Crippen LogP contribution in [-0.2, 0) is 6.54 Å². The Kier molecular flexibility index (Phi) is 5.91. The van der Waals surface area contributed by atoms with E-state index in [9.17, 15) is 4.79 Å². The maximum absolute atomic E-state index is 12.5. The van der Waals surface area contributed by atoms with Gasteiger partial charge in [0.15, 0.2) is 5.43 Å². The van der Waals surface area contributed by atoms with E-state index in [1.165, 1.54) is 0 Å². The van der Waals surface area contributed by atoms with Crippen LogP contribution in [-0.4, -0.2) is 45.2 Å². The molecular weight excluding hydrogens is 328 g/mol. The van der Waals surface area contributed by atoms with Crippen molar-refractivity contribution in [3.63, 3.8) is 0 Å². The summed E-state index contributed by atoms with van der Waals surface area (Å²) in [5, 5.41) is 0.642. The van der Waals surface area contributed by atoms with Crippen LogP contribution in [0.4, 0.5) is 0 Å². The Morgan fingerprint density at radius 3 is 2.54 bits per heavy atom. The van der Waals surface area contributed by atoms with Gasteiger partial charge in [0.25, 0.3) is 0 Å². The van der Waals surface area contributed by atoms with E-state index in [2.05, 4.69) is 11.9 Å². The summed E-state index contributed by atoms with van der Waals surface area (Å²) in [7, 11) is 3.89. The van der Waals surface area contributed by atoms with Crippen molar-refractivity contribution in [1.82, 2.24) is 4.90 Å². The first kappa shape index (κ1) is 18.8. The number of benzene rings is 1. The number of nitrogens with one attached hydrogen (secondary N) is 1. The molecule has 0 bridgehead atoms. The number of methoxy groups -OCH3 is 1. The number of nitrogens with zero attached hydrogens (tertiary/aromatic N) is 1. The summed E-state index contributed by atoms with van der Waals surface area (Å²) in [6.07, 6.45) is 0. The molecule has 0 unspecified atom stereocenters. The van der Waals surface area contributed by atoms with E-state index in [0.29, 0.717) is 22.3 Å². The predicted molar refractivity (Wildman–Crippen MR) is 90.4 cm³/mol. The van der Waals surface area contributed by atoms with Gasteiger partial charge < -0.3 is 26.5 Å². The Morgan fingerprint density at radius 1 is 1.25 bits per heavy atom. The first-order valence-electron chi connectivity index (χ1n) is 8.14. The number of quaternary nitrogens is 1. The number of fused-ring (bicyclic) bond motifs is 1. The molecule has 1 aliphatic heterocycles. The third-order valence-electron chi connectivity index (χ3n) is 4.90. The van der Waals surface area contributed by atoms with Crippen LogP contribution in [0.3, 0.4) is 0 Å². The molecular formula is C18H25ClN2O3. The number of piperazine rings is 1. The number of likely N-dealkylation sites (N-methyl/N-ethyl adjacent to an activating group) is 1. The summed E-state index contributed by atoms with van der Waals surface area (Å²) in [4.78, 5) is 16.5. The van der Waals surface area contributed by atoms with Gasteiger partial charge in [0.1, 0.15) is 17.1 Å². The number of ether oxygens (including phenoxy) is 1. The molecule has 3 rings (SSSR count). The topological polar surface area (TPSA) is 47.1 Å². The first-order chi connectivity index (χ1) is 11.0. The van der Waals surface area contributed by atoms with Crippen LogP contribution in [0.2, 0.25) is 0 Å². The van der Waals surface area contributed by atoms with Crippen LogP contribution in [0.25, 0.3) is 11.0 Å². The minimum Gasteiger partial charge on any atom is -1.00 e. The molecule has 6 heteroatoms. The van der Waals surface area contributed by atoms with Crippen molar-refractivity contribution in [1.29, 1.82) is 0 Å². The fraction of sp³-hybridized carbons (Fsp3) is 0.500. The molecule has 0 atom stereocenters. The van der Waals surface area contributed by atoms with Crippen molar-refractivity contribution in [2.24, 2.45) is 0 Å². The SMILES string of the molecule is COc1ccc2c(=O)c(C)c(C)oc2c1CN1CC[NH+](C)CC1.[Cl-]. The van der Waals surface area contributed by atoms with E-state index in [0.717, 1.165) is 44.0 Å². The van der Waals surface area contributed by atoms with Gasteiger partial charge in [0, 0.05) is 25.2 Å². The summed E-state index contributed by atoms with van der Waals surface area (Å²) in [5.41, 5.74) is 2.38. The number of rotatable bonds is 3. The standard InChI is InChI=1S/C18H24N2O3.ClH/c1-12-13(2)23-18-14(17(12)21)5-6-16(22-4)15(18)11-20-9-7-19(3)8-10-20;/h5-6H,7-11H2,1-4H3;1H. The maximum atomic E-state index is 12.5. The van der Waals surface area contributed by atoms with E-state index < -0.39 is 0 Å². The molecule has 0 amide bonds. The highest BCUT2D eigenvalue weighted by Gasteiger charge is 2.21. The van der Waals surface area contributed by atoms with Gasteiger partial charge in [-0.25, -0.2) is 0 Å². The molecule has 2 heterocycles. The number of halogens is 1. The van der Waals surface area contributed by atoms with E-state index in [4.69, 9.17) is 9.15 Å². The monoisotopic (exact) mass is 352 g/mol. The molecule has 0 spiro atoms. The van der Waals surface area contributed by atoms with E-state index in [1.807, 2.05) is 26.0 Å². The second-order valence-corrected chi connectivity index (χ2v) is 6.47. The van der Waals surface area contributed by atoms with Crippen LogP contribution < -0.4 is 27.5 Å². The van der Waals surface area contributed by atoms with Crippen LogP contribution in [0.1, 0.15) is 16.9 Å². The first-order valence-corrected chi connectivity index (χ1v) is 8.14. The van der Waals surface area contributed by atoms with Gasteiger partial charge in [-0.05, 0) is 26.0 Å². The van der Waals surface area contributed by atoms with Gasteiger partial charge in [-0.3, -0.25) is 9.69 Å². The Morgan fingerprint density at radius 2 is 1.92 bits per heavy atom. The highest BCUT2D eigenvalue weighted by Crippen LogP contribution is 2.29. The molecule has 2 aromatic rings. The maximum Gasteiger partial charge on any atom is 0.195 e. The van der Waals surface area contributed by atoms with Crippen molar-refractivity contribution in [3.05, 3.63) is 39.2 Å². The zero-order chi connectivity index (χ0) is 16.6. The molecule has 0 saturated carbocycles. The summed E-state index contributed by atoms with van der Waals surface area (Å²) in [6.45, 7) is 8.76. The zero-order valence-corrected chi connectivity index (χ0v) is 15.5. The molecule has 0 radical (unpaired) electrons. The number of hydrogen-bond donors (Lipinski definition) is 1. The molecule has 0 aliphatic carbocycles. The van der Waals surface area contributed by atoms with Crippen molar-refractivity contribution >= 4 is 11.0 Å². The molecule has 1 saturated heterocycles. The second-order valence-electron chi connectivity index (χ2n) is 6.47. The minimum atomic E-state index is 0. The normalized spacial score (nSPS) is 16.2. The average Bonchev–Trinajstić information content (AvgIpc) is 2.55. The molecule has 1 N–H and O–H groups in total. The fourth-order valence-electron chi connectivity index (χ4n) is 3.15. The van der Waals surface area contributed by atoms with Crippen LogP contribution >= 0.6 is 0 Å². The lowest BCUT2D eigenvalue weighted by atomic mass is 10.1. The summed E-state index contributed by atoms with van der Waals surface area (Å²) in [5.74, 6) is 1.47. The zero-order valence-electron chi connectivity index (χ0n) is 14.7. The van der Waals surface area contributed by atoms with Crippen LogP contribution in [0, 0.1) is 13.8 Å². The van der Waals surface area contributed by atoms with E-state index in [-0.39, 0.29) is 17.8 Å². The highest BCUT2D eigenvalue weighted by molar-refractivity contribution is 5.82. The van der Waals surface area contributed by atoms with Crippen LogP contribution in [0.15, 0.2) is 21.3 Å². The molecule has 1 fully saturated rings. The molecule has 24 heavy (non-hydrogen) atoms. The average molecular weight is 353 g/mol. The van der Waals surface area contributed by atoms with Crippen molar-refractivity contribution < 1.29 is 26.5 Å². The van der Waals surface area contributed by atoms with Gasteiger partial charge in [0.05, 0.1) is 38.2 Å². The molecule has 1 aliphatic rings. The largest absolute Gasteiger partial charge is 1.00 e. The summed E-state index contributed by atoms with van der Waals surface area (Å²) in [6, 6.07) is 3.69. The highest BCUT2D eigenvalue weighted by atomic mass is 35.5. The smallest absolute Gasteiger partial charge is 0.195 e. The summed E-state index contributed by atoms with van der Waals surface area (Å²) >= 11 is 0. The van der Waals surface area contributed by atoms with Crippen molar-refractivity contribution in [3.8, 4) is 5.75 Å². The molecule has 132 valence electrons. The van der Waals surface area contributed by atoms with Gasteiger partial charge in [0.2, 0.25) is 0 Å². The molecule has 1 aromatic carbocycles. The third kappa shape index (κ3) is 3.43. The Bertz CT molecular complexity index is 780. The number of hydrogen-bond acceptors (Lipinski definition) is 4. The van der Waals surface area contributed by atoms with Gasteiger partial charge >= 0.3 is 0 Å². The molecule has 1 aromatic heterocycles. The second kappa shape index (κ2) is 7.55. The lowest BCUT2D eigenvalue weighted by Gasteiger charge is -2.30. The Balaban J connectivity index is 0.00000208. The minimum absolute atomic E-state index is 0. The van der Waals surface area contributed by atoms with Gasteiger partial charge in [-0.15, -0.1) is 0 Å². The van der Waals surface area contributed by atoms with Crippen molar-refractivity contribution in [2.45, 2.75) is 20.4 Å². The summed E-state index contributed by atoms with van der Waals surface area (Å²) < 4.78 is 11.5. The molecule has 5 nitrogen and oxygen atoms in total. The lowest BCUT2D eigenvalue weighted by Crippen LogP contribution is -3.11.